The highest BCUT2D eigenvalue weighted by atomic mass is 16.4. The number of aliphatic carboxylic acids is 1. The Bertz CT molecular complexity index is 544. The third-order valence-electron chi connectivity index (χ3n) is 4.59. The van der Waals surface area contributed by atoms with Gasteiger partial charge in [0.25, 0.3) is 0 Å². The highest BCUT2D eigenvalue weighted by molar-refractivity contribution is 5.81. The van der Waals surface area contributed by atoms with Crippen molar-refractivity contribution in [1.29, 1.82) is 0 Å². The van der Waals surface area contributed by atoms with E-state index in [1.54, 1.807) is 0 Å². The van der Waals surface area contributed by atoms with Crippen molar-refractivity contribution in [3.05, 3.63) is 35.4 Å². The fraction of sp³-hybridized carbons (Fsp3) is 0.556. The topological polar surface area (TPSA) is 66.4 Å². The van der Waals surface area contributed by atoms with Crippen LogP contribution in [0.15, 0.2) is 24.3 Å². The van der Waals surface area contributed by atoms with Crippen LogP contribution in [0, 0.1) is 5.41 Å². The van der Waals surface area contributed by atoms with Crippen molar-refractivity contribution < 1.29 is 14.7 Å². The van der Waals surface area contributed by atoms with Crippen LogP contribution in [0.4, 0.5) is 0 Å². The van der Waals surface area contributed by atoms with E-state index in [0.29, 0.717) is 25.2 Å². The normalized spacial score (nSPS) is 17.1. The van der Waals surface area contributed by atoms with Crippen LogP contribution < -0.4 is 5.32 Å². The van der Waals surface area contributed by atoms with Gasteiger partial charge in [-0.3, -0.25) is 9.59 Å². The summed E-state index contributed by atoms with van der Waals surface area (Å²) >= 11 is 0. The van der Waals surface area contributed by atoms with E-state index in [0.717, 1.165) is 5.56 Å². The summed E-state index contributed by atoms with van der Waals surface area (Å²) in [4.78, 5) is 23.1. The number of carboxylic acid groups (broad SMARTS) is 1. The molecule has 1 fully saturated rings. The van der Waals surface area contributed by atoms with Crippen molar-refractivity contribution in [3.8, 4) is 0 Å². The van der Waals surface area contributed by atoms with Crippen LogP contribution in [-0.2, 0) is 9.59 Å². The molecule has 1 saturated carbocycles. The van der Waals surface area contributed by atoms with Crippen LogP contribution in [-0.4, -0.2) is 23.5 Å². The quantitative estimate of drug-likeness (QED) is 0.812. The largest absolute Gasteiger partial charge is 0.481 e. The summed E-state index contributed by atoms with van der Waals surface area (Å²) in [6, 6.07) is 8.37. The van der Waals surface area contributed by atoms with Gasteiger partial charge >= 0.3 is 5.97 Å². The van der Waals surface area contributed by atoms with E-state index in [1.807, 2.05) is 6.92 Å². The summed E-state index contributed by atoms with van der Waals surface area (Å²) in [6.07, 6.45) is 1.71. The maximum atomic E-state index is 12.0. The van der Waals surface area contributed by atoms with Crippen LogP contribution >= 0.6 is 0 Å². The molecule has 120 valence electrons. The van der Waals surface area contributed by atoms with E-state index in [2.05, 4.69) is 43.4 Å². The molecule has 0 radical (unpaired) electrons. The maximum Gasteiger partial charge on any atom is 0.311 e. The molecule has 4 heteroatoms. The first-order valence-electron chi connectivity index (χ1n) is 7.94. The molecule has 0 spiro atoms. The van der Waals surface area contributed by atoms with E-state index in [9.17, 15) is 9.59 Å². The summed E-state index contributed by atoms with van der Waals surface area (Å²) in [7, 11) is 0. The van der Waals surface area contributed by atoms with Crippen LogP contribution in [0.2, 0.25) is 0 Å². The molecule has 0 heterocycles. The fourth-order valence-corrected chi connectivity index (χ4v) is 2.56. The smallest absolute Gasteiger partial charge is 0.311 e. The Hall–Kier alpha value is -1.84. The van der Waals surface area contributed by atoms with Gasteiger partial charge in [0.05, 0.1) is 5.41 Å². The minimum Gasteiger partial charge on any atom is -0.481 e. The Balaban J connectivity index is 1.84. The van der Waals surface area contributed by atoms with Gasteiger partial charge in [0.1, 0.15) is 0 Å². The van der Waals surface area contributed by atoms with Crippen molar-refractivity contribution in [1.82, 2.24) is 5.32 Å². The van der Waals surface area contributed by atoms with Gasteiger partial charge in [0, 0.05) is 13.0 Å². The van der Waals surface area contributed by atoms with Gasteiger partial charge < -0.3 is 10.4 Å². The zero-order valence-corrected chi connectivity index (χ0v) is 13.6. The Morgan fingerprint density at radius 1 is 1.14 bits per heavy atom. The molecule has 0 aliphatic heterocycles. The molecule has 1 aliphatic rings. The van der Waals surface area contributed by atoms with Gasteiger partial charge in [-0.2, -0.15) is 0 Å². The van der Waals surface area contributed by atoms with E-state index < -0.39 is 11.4 Å². The summed E-state index contributed by atoms with van der Waals surface area (Å²) < 4.78 is 0. The maximum absolute atomic E-state index is 12.0. The molecule has 1 unspecified atom stereocenters. The van der Waals surface area contributed by atoms with Crippen LogP contribution in [0.25, 0.3) is 0 Å². The van der Waals surface area contributed by atoms with E-state index in [4.69, 9.17) is 5.11 Å². The molecule has 1 atom stereocenters. The minimum absolute atomic E-state index is 0.0760. The lowest BCUT2D eigenvalue weighted by Gasteiger charge is -2.15. The van der Waals surface area contributed by atoms with Crippen LogP contribution in [0.5, 0.6) is 0 Å². The van der Waals surface area contributed by atoms with Gasteiger partial charge in [0.15, 0.2) is 0 Å². The summed E-state index contributed by atoms with van der Waals surface area (Å²) in [5.74, 6) is -0.252. The molecule has 2 N–H and O–H groups in total. The SMILES string of the molecule is CC(C)c1ccc(C(C)CC(=O)NCC2(C(=O)O)CC2)cc1. The van der Waals surface area contributed by atoms with Gasteiger partial charge in [0.2, 0.25) is 5.91 Å². The number of amides is 1. The zero-order valence-electron chi connectivity index (χ0n) is 13.6. The monoisotopic (exact) mass is 303 g/mol. The van der Waals surface area contributed by atoms with E-state index >= 15 is 0 Å². The third kappa shape index (κ3) is 3.87. The number of carboxylic acids is 1. The number of nitrogens with one attached hydrogen (secondary N) is 1. The lowest BCUT2D eigenvalue weighted by molar-refractivity contribution is -0.143. The number of hydrogen-bond acceptors (Lipinski definition) is 2. The molecule has 1 aromatic carbocycles. The first kappa shape index (κ1) is 16.5. The number of benzene rings is 1. The van der Waals surface area contributed by atoms with Crippen molar-refractivity contribution >= 4 is 11.9 Å². The lowest BCUT2D eigenvalue weighted by Crippen LogP contribution is -2.34. The number of hydrogen-bond donors (Lipinski definition) is 2. The van der Waals surface area contributed by atoms with E-state index in [1.165, 1.54) is 5.56 Å². The standard InChI is InChI=1S/C18H25NO3/c1-12(2)14-4-6-15(7-5-14)13(3)10-16(20)19-11-18(8-9-18)17(21)22/h4-7,12-13H,8-11H2,1-3H3,(H,19,20)(H,21,22). The molecule has 2 rings (SSSR count). The van der Waals surface area contributed by atoms with Crippen molar-refractivity contribution in [2.24, 2.45) is 5.41 Å². The molecule has 1 aromatic rings. The zero-order chi connectivity index (χ0) is 16.3. The third-order valence-corrected chi connectivity index (χ3v) is 4.59. The Morgan fingerprint density at radius 2 is 1.68 bits per heavy atom. The molecule has 1 amide bonds. The number of carbonyl (C=O) groups is 2. The van der Waals surface area contributed by atoms with Crippen LogP contribution in [0.3, 0.4) is 0 Å². The Labute approximate surface area is 131 Å². The predicted octanol–water partition coefficient (Wildman–Crippen LogP) is 3.28. The minimum atomic E-state index is -0.801. The van der Waals surface area contributed by atoms with Gasteiger partial charge in [-0.15, -0.1) is 0 Å². The van der Waals surface area contributed by atoms with Gasteiger partial charge in [-0.1, -0.05) is 45.0 Å². The highest BCUT2D eigenvalue weighted by Gasteiger charge is 2.50. The van der Waals surface area contributed by atoms with Crippen LogP contribution in [0.1, 0.15) is 63.0 Å². The number of carbonyl (C=O) groups excluding carboxylic acids is 1. The molecule has 22 heavy (non-hydrogen) atoms. The van der Waals surface area contributed by atoms with Gasteiger partial charge in [-0.05, 0) is 35.8 Å². The van der Waals surface area contributed by atoms with E-state index in [-0.39, 0.29) is 18.4 Å². The first-order valence-corrected chi connectivity index (χ1v) is 7.94. The second-order valence-electron chi connectivity index (χ2n) is 6.79. The average molecular weight is 303 g/mol. The molecular formula is C18H25NO3. The highest BCUT2D eigenvalue weighted by Crippen LogP contribution is 2.45. The molecule has 1 aliphatic carbocycles. The Kier molecular flexibility index (Phi) is 4.89. The summed E-state index contributed by atoms with van der Waals surface area (Å²) in [5, 5.41) is 11.9. The molecule has 4 nitrogen and oxygen atoms in total. The predicted molar refractivity (Wildman–Crippen MR) is 85.9 cm³/mol. The van der Waals surface area contributed by atoms with Gasteiger partial charge in [-0.25, -0.2) is 0 Å². The molecule has 0 aromatic heterocycles. The second kappa shape index (κ2) is 6.51. The molecule has 0 bridgehead atoms. The molecule has 0 saturated heterocycles. The van der Waals surface area contributed by atoms with Crippen molar-refractivity contribution in [2.75, 3.05) is 6.54 Å². The summed E-state index contributed by atoms with van der Waals surface area (Å²) in [5.41, 5.74) is 1.73. The van der Waals surface area contributed by atoms with Crippen molar-refractivity contribution in [2.45, 2.75) is 51.9 Å². The molecular weight excluding hydrogens is 278 g/mol. The fourth-order valence-electron chi connectivity index (χ4n) is 2.56. The number of rotatable bonds is 7. The summed E-state index contributed by atoms with van der Waals surface area (Å²) in [6.45, 7) is 6.58. The first-order chi connectivity index (χ1) is 10.3. The lowest BCUT2D eigenvalue weighted by atomic mass is 9.94. The second-order valence-corrected chi connectivity index (χ2v) is 6.79. The average Bonchev–Trinajstić information content (AvgIpc) is 3.26. The Morgan fingerprint density at radius 3 is 2.14 bits per heavy atom. The van der Waals surface area contributed by atoms with Crippen molar-refractivity contribution in [3.63, 3.8) is 0 Å².